The molecule has 0 unspecified atom stereocenters. The third-order valence-corrected chi connectivity index (χ3v) is 6.72. The number of nitrogens with zero attached hydrogens (tertiary/aromatic N) is 4. The summed E-state index contributed by atoms with van der Waals surface area (Å²) in [6.07, 6.45) is 3.24. The smallest absolute Gasteiger partial charge is 0.270 e. The van der Waals surface area contributed by atoms with Crippen LogP contribution >= 0.6 is 23.1 Å². The number of amides is 2. The monoisotopic (exact) mass is 452 g/mol. The lowest BCUT2D eigenvalue weighted by molar-refractivity contribution is -0.384. The van der Waals surface area contributed by atoms with Gasteiger partial charge in [0, 0.05) is 38.9 Å². The summed E-state index contributed by atoms with van der Waals surface area (Å²) in [5.41, 5.74) is 0.759. The Morgan fingerprint density at radius 3 is 2.73 bits per heavy atom. The fourth-order valence-corrected chi connectivity index (χ4v) is 5.06. The summed E-state index contributed by atoms with van der Waals surface area (Å²) in [4.78, 5) is 41.7. The van der Waals surface area contributed by atoms with Gasteiger partial charge in [0.15, 0.2) is 4.80 Å². The zero-order chi connectivity index (χ0) is 21.5. The summed E-state index contributed by atoms with van der Waals surface area (Å²) in [6.45, 7) is 2.49. The lowest BCUT2D eigenvalue weighted by Gasteiger charge is -2.26. The Morgan fingerprint density at radius 1 is 1.27 bits per heavy atom. The van der Waals surface area contributed by atoms with Crippen molar-refractivity contribution in [2.75, 3.05) is 38.3 Å². The van der Waals surface area contributed by atoms with E-state index in [1.54, 1.807) is 13.2 Å². The highest BCUT2D eigenvalue weighted by atomic mass is 32.2. The number of carbonyl (C=O) groups is 2. The molecule has 0 spiro atoms. The quantitative estimate of drug-likeness (QED) is 0.450. The summed E-state index contributed by atoms with van der Waals surface area (Å²) >= 11 is 2.49. The number of thioether (sulfide) groups is 1. The van der Waals surface area contributed by atoms with Gasteiger partial charge in [-0.1, -0.05) is 11.3 Å². The zero-order valence-corrected chi connectivity index (χ0v) is 18.4. The third-order valence-electron chi connectivity index (χ3n) is 4.78. The van der Waals surface area contributed by atoms with Crippen LogP contribution in [0.4, 0.5) is 5.69 Å². The van der Waals surface area contributed by atoms with Crippen molar-refractivity contribution in [1.82, 2.24) is 9.47 Å². The molecule has 1 aliphatic heterocycles. The van der Waals surface area contributed by atoms with Gasteiger partial charge in [0.05, 0.1) is 33.3 Å². The van der Waals surface area contributed by atoms with Crippen molar-refractivity contribution < 1.29 is 19.2 Å². The van der Waals surface area contributed by atoms with Crippen molar-refractivity contribution in [3.05, 3.63) is 33.1 Å². The van der Waals surface area contributed by atoms with Gasteiger partial charge in [-0.3, -0.25) is 19.7 Å². The van der Waals surface area contributed by atoms with E-state index in [0.717, 1.165) is 37.9 Å². The van der Waals surface area contributed by atoms with E-state index in [0.29, 0.717) is 22.7 Å². The van der Waals surface area contributed by atoms with E-state index in [-0.39, 0.29) is 29.0 Å². The normalized spacial score (nSPS) is 15.0. The van der Waals surface area contributed by atoms with Crippen LogP contribution < -0.4 is 4.80 Å². The first-order chi connectivity index (χ1) is 14.5. The van der Waals surface area contributed by atoms with Crippen molar-refractivity contribution >= 4 is 50.8 Å². The van der Waals surface area contributed by atoms with E-state index in [1.807, 2.05) is 9.47 Å². The molecule has 9 nitrogen and oxygen atoms in total. The van der Waals surface area contributed by atoms with Crippen LogP contribution in [0.25, 0.3) is 10.2 Å². The second-order valence-electron chi connectivity index (χ2n) is 6.88. The SMILES string of the molecule is COCCn1c(=NC(=O)CSCC(=O)N2CCCCC2)sc2cc([N+](=O)[O-])ccc21. The fraction of sp³-hybridized carbons (Fsp3) is 0.526. The molecule has 1 aromatic carbocycles. The minimum absolute atomic E-state index is 0.00713. The standard InChI is InChI=1S/C19H24N4O5S2/c1-28-10-9-22-15-6-5-14(23(26)27)11-16(15)30-19(22)20-17(24)12-29-13-18(25)21-7-3-2-4-8-21/h5-6,11H,2-4,7-10,12-13H2,1H3. The van der Waals surface area contributed by atoms with Crippen LogP contribution in [-0.2, 0) is 20.9 Å². The number of thiazole rings is 1. The number of likely N-dealkylation sites (tertiary alicyclic amines) is 1. The van der Waals surface area contributed by atoms with Gasteiger partial charge >= 0.3 is 0 Å². The molecule has 0 saturated carbocycles. The van der Waals surface area contributed by atoms with Crippen LogP contribution in [0.1, 0.15) is 19.3 Å². The van der Waals surface area contributed by atoms with Crippen molar-refractivity contribution in [2.45, 2.75) is 25.8 Å². The van der Waals surface area contributed by atoms with E-state index >= 15 is 0 Å². The van der Waals surface area contributed by atoms with E-state index in [1.165, 1.54) is 35.2 Å². The van der Waals surface area contributed by atoms with Crippen LogP contribution in [0.5, 0.6) is 0 Å². The molecule has 0 aliphatic carbocycles. The molecule has 0 N–H and O–H groups in total. The van der Waals surface area contributed by atoms with Crippen molar-refractivity contribution in [1.29, 1.82) is 0 Å². The Balaban J connectivity index is 1.72. The molecule has 1 aliphatic rings. The number of rotatable bonds is 8. The number of aromatic nitrogens is 1. The predicted octanol–water partition coefficient (Wildman–Crippen LogP) is 2.43. The average Bonchev–Trinajstić information content (AvgIpc) is 3.08. The molecule has 2 heterocycles. The first-order valence-electron chi connectivity index (χ1n) is 9.69. The van der Waals surface area contributed by atoms with Crippen LogP contribution in [0.2, 0.25) is 0 Å². The number of benzene rings is 1. The van der Waals surface area contributed by atoms with Crippen molar-refractivity contribution in [3.8, 4) is 0 Å². The van der Waals surface area contributed by atoms with Crippen LogP contribution in [0, 0.1) is 10.1 Å². The summed E-state index contributed by atoms with van der Waals surface area (Å²) in [5.74, 6) is 0.109. The second kappa shape index (κ2) is 10.7. The molecule has 0 atom stereocenters. The lowest BCUT2D eigenvalue weighted by Crippen LogP contribution is -2.36. The number of methoxy groups -OCH3 is 1. The van der Waals surface area contributed by atoms with E-state index < -0.39 is 4.92 Å². The molecule has 30 heavy (non-hydrogen) atoms. The highest BCUT2D eigenvalue weighted by Crippen LogP contribution is 2.23. The number of hydrogen-bond donors (Lipinski definition) is 0. The zero-order valence-electron chi connectivity index (χ0n) is 16.7. The summed E-state index contributed by atoms with van der Waals surface area (Å²) in [6, 6.07) is 4.58. The number of nitro groups is 1. The Hall–Kier alpha value is -2.24. The molecule has 0 bridgehead atoms. The van der Waals surface area contributed by atoms with Gasteiger partial charge in [-0.15, -0.1) is 11.8 Å². The molecule has 3 rings (SSSR count). The molecule has 2 aromatic rings. The Kier molecular flexibility index (Phi) is 8.00. The van der Waals surface area contributed by atoms with Gasteiger partial charge in [0.25, 0.3) is 11.6 Å². The number of non-ortho nitro benzene ring substituents is 1. The summed E-state index contributed by atoms with van der Waals surface area (Å²) in [5, 5.41) is 11.0. The number of fused-ring (bicyclic) bond motifs is 1. The molecular weight excluding hydrogens is 428 g/mol. The number of carbonyl (C=O) groups excluding carboxylic acids is 2. The molecule has 162 valence electrons. The molecular formula is C19H24N4O5S2. The van der Waals surface area contributed by atoms with Crippen molar-refractivity contribution in [3.63, 3.8) is 0 Å². The van der Waals surface area contributed by atoms with Gasteiger partial charge in [-0.25, -0.2) is 0 Å². The number of hydrogen-bond acceptors (Lipinski definition) is 7. The van der Waals surface area contributed by atoms with E-state index in [9.17, 15) is 19.7 Å². The van der Waals surface area contributed by atoms with Gasteiger partial charge in [0.2, 0.25) is 5.91 Å². The van der Waals surface area contributed by atoms with Gasteiger partial charge < -0.3 is 14.2 Å². The van der Waals surface area contributed by atoms with Crippen LogP contribution in [-0.4, -0.2) is 64.5 Å². The first-order valence-corrected chi connectivity index (χ1v) is 11.7. The number of ether oxygens (including phenoxy) is 1. The predicted molar refractivity (Wildman–Crippen MR) is 117 cm³/mol. The highest BCUT2D eigenvalue weighted by Gasteiger charge is 2.17. The van der Waals surface area contributed by atoms with Gasteiger partial charge in [-0.2, -0.15) is 4.99 Å². The maximum absolute atomic E-state index is 12.4. The maximum atomic E-state index is 12.4. The molecule has 0 radical (unpaired) electrons. The fourth-order valence-electron chi connectivity index (χ4n) is 3.26. The first kappa shape index (κ1) is 22.4. The molecule has 1 aromatic heterocycles. The largest absolute Gasteiger partial charge is 0.383 e. The van der Waals surface area contributed by atoms with Gasteiger partial charge in [-0.05, 0) is 25.3 Å². The topological polar surface area (TPSA) is 107 Å². The van der Waals surface area contributed by atoms with Crippen LogP contribution in [0.15, 0.2) is 23.2 Å². The Labute approximate surface area is 181 Å². The van der Waals surface area contributed by atoms with Gasteiger partial charge in [0.1, 0.15) is 0 Å². The Morgan fingerprint density at radius 2 is 2.03 bits per heavy atom. The average molecular weight is 453 g/mol. The molecule has 11 heteroatoms. The molecule has 1 saturated heterocycles. The molecule has 1 fully saturated rings. The maximum Gasteiger partial charge on any atom is 0.270 e. The molecule has 2 amide bonds. The lowest BCUT2D eigenvalue weighted by atomic mass is 10.1. The minimum atomic E-state index is -0.448. The number of piperidine rings is 1. The third kappa shape index (κ3) is 5.67. The minimum Gasteiger partial charge on any atom is -0.383 e. The second-order valence-corrected chi connectivity index (χ2v) is 8.87. The number of nitro benzene ring substituents is 1. The van der Waals surface area contributed by atoms with E-state index in [4.69, 9.17) is 4.74 Å². The van der Waals surface area contributed by atoms with E-state index in [2.05, 4.69) is 4.99 Å². The van der Waals surface area contributed by atoms with Crippen molar-refractivity contribution in [2.24, 2.45) is 4.99 Å². The summed E-state index contributed by atoms with van der Waals surface area (Å²) < 4.78 is 7.65. The van der Waals surface area contributed by atoms with Crippen LogP contribution in [0.3, 0.4) is 0 Å². The highest BCUT2D eigenvalue weighted by molar-refractivity contribution is 8.00. The summed E-state index contributed by atoms with van der Waals surface area (Å²) in [7, 11) is 1.58. The Bertz CT molecular complexity index is 994.